The summed E-state index contributed by atoms with van der Waals surface area (Å²) in [6, 6.07) is 19.4. The lowest BCUT2D eigenvalue weighted by Gasteiger charge is -2.36. The molecular formula is C42H49N5O5Si. The van der Waals surface area contributed by atoms with E-state index in [1.54, 1.807) is 33.2 Å². The van der Waals surface area contributed by atoms with Crippen molar-refractivity contribution in [1.82, 2.24) is 19.0 Å². The third-order valence-electron chi connectivity index (χ3n) is 11.5. The molecule has 11 heteroatoms. The number of morpholine rings is 1. The second-order valence-corrected chi connectivity index (χ2v) is 21.0. The maximum atomic E-state index is 14.2. The van der Waals surface area contributed by atoms with Gasteiger partial charge in [-0.15, -0.1) is 0 Å². The average Bonchev–Trinajstić information content (AvgIpc) is 3.90. The van der Waals surface area contributed by atoms with E-state index in [0.29, 0.717) is 48.8 Å². The SMILES string of the molecule is Cn1cc(-c2cccc(-n3ccc4cc(C5(C)CC5)ccc4c3=O)c2CO[Si](C)(C)C(C)(C)C)cc(Nc2ccc(C(=O)N3CCOCC3)cn2)c1=O. The van der Waals surface area contributed by atoms with Crippen LogP contribution in [0.1, 0.15) is 62.0 Å². The molecule has 1 saturated carbocycles. The highest BCUT2D eigenvalue weighted by Crippen LogP contribution is 2.48. The van der Waals surface area contributed by atoms with Gasteiger partial charge in [0.1, 0.15) is 11.5 Å². The lowest BCUT2D eigenvalue weighted by molar-refractivity contribution is 0.0302. The molecule has 2 aliphatic rings. The van der Waals surface area contributed by atoms with Crippen molar-refractivity contribution in [3.05, 3.63) is 117 Å². The average molecular weight is 732 g/mol. The summed E-state index contributed by atoms with van der Waals surface area (Å²) in [4.78, 5) is 46.9. The van der Waals surface area contributed by atoms with Gasteiger partial charge in [0.2, 0.25) is 0 Å². The molecule has 10 nitrogen and oxygen atoms in total. The molecule has 1 aliphatic heterocycles. The van der Waals surface area contributed by atoms with Gasteiger partial charge in [0.25, 0.3) is 17.0 Å². The van der Waals surface area contributed by atoms with Crippen LogP contribution in [-0.4, -0.2) is 59.5 Å². The molecule has 1 N–H and O–H groups in total. The molecule has 276 valence electrons. The second kappa shape index (κ2) is 13.9. The maximum Gasteiger partial charge on any atom is 0.274 e. The molecule has 4 heterocycles. The van der Waals surface area contributed by atoms with Crippen LogP contribution in [0.5, 0.6) is 0 Å². The molecule has 0 unspecified atom stereocenters. The van der Waals surface area contributed by atoms with Gasteiger partial charge in [0.15, 0.2) is 8.32 Å². The molecule has 0 radical (unpaired) electrons. The molecule has 53 heavy (non-hydrogen) atoms. The molecule has 5 aromatic rings. The van der Waals surface area contributed by atoms with Crippen molar-refractivity contribution in [2.24, 2.45) is 7.05 Å². The standard InChI is InChI=1S/C42H49N5O5Si/c1-41(2,3)53(6,7)52-27-34-32(9-8-10-36(34)47-18-15-28-23-31(42(4)16-17-42)12-13-33(28)39(47)49)30-24-35(40(50)45(5)26-30)44-37-14-11-29(25-43-37)38(48)46-19-21-51-22-20-46/h8-15,18,23-26H,16-17,19-22,27H2,1-7H3,(H,43,44). The highest BCUT2D eigenvalue weighted by Gasteiger charge is 2.39. The Morgan fingerprint density at radius 3 is 2.43 bits per heavy atom. The zero-order valence-electron chi connectivity index (χ0n) is 31.8. The minimum atomic E-state index is -2.21. The normalized spacial score (nSPS) is 15.8. The zero-order chi connectivity index (χ0) is 37.7. The van der Waals surface area contributed by atoms with Gasteiger partial charge in [-0.05, 0) is 89.3 Å². The molecular weight excluding hydrogens is 683 g/mol. The number of aryl methyl sites for hydroxylation is 1. The van der Waals surface area contributed by atoms with Gasteiger partial charge in [-0.1, -0.05) is 52.0 Å². The van der Waals surface area contributed by atoms with Gasteiger partial charge in [0, 0.05) is 55.2 Å². The van der Waals surface area contributed by atoms with E-state index in [-0.39, 0.29) is 34.1 Å². The number of fused-ring (bicyclic) bond motifs is 1. The number of nitrogens with one attached hydrogen (secondary N) is 1. The van der Waals surface area contributed by atoms with E-state index in [0.717, 1.165) is 27.8 Å². The van der Waals surface area contributed by atoms with Crippen LogP contribution in [0.25, 0.3) is 27.6 Å². The Morgan fingerprint density at radius 2 is 1.75 bits per heavy atom. The molecule has 7 rings (SSSR count). The van der Waals surface area contributed by atoms with E-state index < -0.39 is 8.32 Å². The van der Waals surface area contributed by atoms with Crippen molar-refractivity contribution in [2.75, 3.05) is 31.6 Å². The molecule has 1 amide bonds. The van der Waals surface area contributed by atoms with Crippen molar-refractivity contribution in [3.63, 3.8) is 0 Å². The molecule has 1 aliphatic carbocycles. The van der Waals surface area contributed by atoms with Crippen LogP contribution in [0.3, 0.4) is 0 Å². The number of hydrogen-bond acceptors (Lipinski definition) is 7. The van der Waals surface area contributed by atoms with E-state index in [9.17, 15) is 14.4 Å². The van der Waals surface area contributed by atoms with Crippen molar-refractivity contribution in [3.8, 4) is 16.8 Å². The van der Waals surface area contributed by atoms with Crippen LogP contribution in [0.2, 0.25) is 18.1 Å². The summed E-state index contributed by atoms with van der Waals surface area (Å²) in [6.45, 7) is 15.8. The quantitative estimate of drug-likeness (QED) is 0.156. The Bertz CT molecular complexity index is 2310. The highest BCUT2D eigenvalue weighted by molar-refractivity contribution is 6.74. The fourth-order valence-corrected chi connectivity index (χ4v) is 7.55. The van der Waals surface area contributed by atoms with Gasteiger partial charge in [0.05, 0.1) is 31.1 Å². The largest absolute Gasteiger partial charge is 0.412 e. The van der Waals surface area contributed by atoms with Gasteiger partial charge < -0.3 is 23.9 Å². The van der Waals surface area contributed by atoms with Crippen LogP contribution >= 0.6 is 0 Å². The lowest BCUT2D eigenvalue weighted by atomic mass is 9.96. The Labute approximate surface area is 311 Å². The van der Waals surface area contributed by atoms with E-state index >= 15 is 0 Å². The van der Waals surface area contributed by atoms with Gasteiger partial charge in [-0.3, -0.25) is 19.0 Å². The molecule has 1 saturated heterocycles. The number of carbonyl (C=O) groups excluding carboxylic acids is 1. The minimum Gasteiger partial charge on any atom is -0.412 e. The van der Waals surface area contributed by atoms with E-state index in [2.05, 4.69) is 63.2 Å². The third-order valence-corrected chi connectivity index (χ3v) is 15.9. The highest BCUT2D eigenvalue weighted by atomic mass is 28.4. The summed E-state index contributed by atoms with van der Waals surface area (Å²) in [5, 5.41) is 4.77. The summed E-state index contributed by atoms with van der Waals surface area (Å²) in [5.74, 6) is 0.343. The van der Waals surface area contributed by atoms with E-state index in [1.165, 1.54) is 24.6 Å². The van der Waals surface area contributed by atoms with Crippen molar-refractivity contribution in [2.45, 2.75) is 70.7 Å². The number of nitrogens with zero attached hydrogens (tertiary/aromatic N) is 4. The predicted octanol–water partition coefficient (Wildman–Crippen LogP) is 7.54. The summed E-state index contributed by atoms with van der Waals surface area (Å²) in [5.41, 5.74) is 5.18. The molecule has 2 fully saturated rings. The zero-order valence-corrected chi connectivity index (χ0v) is 32.8. The third kappa shape index (κ3) is 7.25. The van der Waals surface area contributed by atoms with Gasteiger partial charge in [-0.25, -0.2) is 4.98 Å². The van der Waals surface area contributed by atoms with Crippen LogP contribution in [0.4, 0.5) is 11.5 Å². The molecule has 3 aromatic heterocycles. The van der Waals surface area contributed by atoms with Crippen LogP contribution in [-0.2, 0) is 28.2 Å². The van der Waals surface area contributed by atoms with Crippen LogP contribution in [0.15, 0.2) is 88.8 Å². The molecule has 0 atom stereocenters. The Hall–Kier alpha value is -4.84. The summed E-state index contributed by atoms with van der Waals surface area (Å²) < 4.78 is 15.5. The summed E-state index contributed by atoms with van der Waals surface area (Å²) in [7, 11) is -0.497. The fourth-order valence-electron chi connectivity index (χ4n) is 6.61. The predicted molar refractivity (Wildman–Crippen MR) is 213 cm³/mol. The van der Waals surface area contributed by atoms with Crippen LogP contribution < -0.4 is 16.4 Å². The van der Waals surface area contributed by atoms with Gasteiger partial charge >= 0.3 is 0 Å². The number of amides is 1. The Balaban J connectivity index is 1.28. The topological polar surface area (TPSA) is 108 Å². The lowest BCUT2D eigenvalue weighted by Crippen LogP contribution is -2.40. The molecule has 0 bridgehead atoms. The van der Waals surface area contributed by atoms with Crippen molar-refractivity contribution >= 4 is 36.5 Å². The summed E-state index contributed by atoms with van der Waals surface area (Å²) in [6.07, 6.45) is 7.54. The smallest absolute Gasteiger partial charge is 0.274 e. The number of benzene rings is 2. The maximum absolute atomic E-state index is 14.2. The Kier molecular flexibility index (Phi) is 9.54. The van der Waals surface area contributed by atoms with Crippen LogP contribution in [0, 0.1) is 0 Å². The first-order valence-corrected chi connectivity index (χ1v) is 21.3. The fraction of sp³-hybridized carbons (Fsp3) is 0.381. The van der Waals surface area contributed by atoms with E-state index in [4.69, 9.17) is 9.16 Å². The van der Waals surface area contributed by atoms with Gasteiger partial charge in [-0.2, -0.15) is 0 Å². The summed E-state index contributed by atoms with van der Waals surface area (Å²) >= 11 is 0. The van der Waals surface area contributed by atoms with Crippen molar-refractivity contribution in [1.29, 1.82) is 0 Å². The Morgan fingerprint density at radius 1 is 1.00 bits per heavy atom. The van der Waals surface area contributed by atoms with Crippen molar-refractivity contribution < 1.29 is 14.0 Å². The number of carbonyl (C=O) groups is 1. The number of aromatic nitrogens is 3. The minimum absolute atomic E-state index is 0.0269. The monoisotopic (exact) mass is 731 g/mol. The second-order valence-electron chi connectivity index (χ2n) is 16.2. The first kappa shape index (κ1) is 36.5. The first-order chi connectivity index (χ1) is 25.1. The number of rotatable bonds is 9. The number of pyridine rings is 3. The molecule has 0 spiro atoms. The molecule has 2 aromatic carbocycles. The number of hydrogen-bond donors (Lipinski definition) is 1. The number of anilines is 2. The van der Waals surface area contributed by atoms with E-state index in [1.807, 2.05) is 48.8 Å². The first-order valence-electron chi connectivity index (χ1n) is 18.4. The number of ether oxygens (including phenoxy) is 1.